The zero-order valence-corrected chi connectivity index (χ0v) is 11.8. The molecule has 8 heteroatoms. The van der Waals surface area contributed by atoms with Crippen molar-refractivity contribution in [2.24, 2.45) is 5.73 Å². The van der Waals surface area contributed by atoms with E-state index in [2.05, 4.69) is 0 Å². The molecule has 0 radical (unpaired) electrons. The summed E-state index contributed by atoms with van der Waals surface area (Å²) in [5, 5.41) is 11.1. The van der Waals surface area contributed by atoms with E-state index in [0.29, 0.717) is 18.5 Å². The summed E-state index contributed by atoms with van der Waals surface area (Å²) in [5.74, 6) is -0.260. The minimum Gasteiger partial charge on any atom is -0.450 e. The molecule has 0 saturated carbocycles. The lowest BCUT2D eigenvalue weighted by Crippen LogP contribution is -2.05. The summed E-state index contributed by atoms with van der Waals surface area (Å²) in [6, 6.07) is 8.39. The van der Waals surface area contributed by atoms with E-state index in [1.165, 1.54) is 24.3 Å². The van der Waals surface area contributed by atoms with E-state index >= 15 is 0 Å². The van der Waals surface area contributed by atoms with Crippen molar-refractivity contribution in [1.82, 2.24) is 0 Å². The quantitative estimate of drug-likeness (QED) is 0.667. The zero-order chi connectivity index (χ0) is 17.0. The molecule has 23 heavy (non-hydrogen) atoms. The first-order valence-corrected chi connectivity index (χ1v) is 6.64. The van der Waals surface area contributed by atoms with Gasteiger partial charge in [0.15, 0.2) is 0 Å². The Labute approximate surface area is 129 Å². The van der Waals surface area contributed by atoms with Crippen LogP contribution < -0.4 is 10.5 Å². The maximum Gasteiger partial charge on any atom is 0.416 e. The van der Waals surface area contributed by atoms with Crippen LogP contribution in [-0.2, 0) is 12.6 Å². The first-order valence-electron chi connectivity index (χ1n) is 6.64. The summed E-state index contributed by atoms with van der Waals surface area (Å²) in [4.78, 5) is 10.5. The van der Waals surface area contributed by atoms with Gasteiger partial charge in [-0.3, -0.25) is 10.1 Å². The van der Waals surface area contributed by atoms with Crippen LogP contribution >= 0.6 is 0 Å². The van der Waals surface area contributed by atoms with Crippen molar-refractivity contribution in [2.45, 2.75) is 12.6 Å². The van der Waals surface area contributed by atoms with Gasteiger partial charge in [-0.15, -0.1) is 0 Å². The van der Waals surface area contributed by atoms with Gasteiger partial charge in [0.2, 0.25) is 5.75 Å². The first-order chi connectivity index (χ1) is 10.8. The lowest BCUT2D eigenvalue weighted by atomic mass is 10.1. The van der Waals surface area contributed by atoms with Crippen molar-refractivity contribution in [2.75, 3.05) is 6.54 Å². The standard InChI is InChI=1S/C15H13F3N2O3/c16-15(17,18)11-2-1-3-12(9-11)23-14-5-4-10(6-7-19)8-13(14)20(21)22/h1-5,8-9H,6-7,19H2. The molecule has 0 saturated heterocycles. The Morgan fingerprint density at radius 1 is 1.17 bits per heavy atom. The first kappa shape index (κ1) is 16.8. The number of nitrogens with zero attached hydrogens (tertiary/aromatic N) is 1. The van der Waals surface area contributed by atoms with Gasteiger partial charge < -0.3 is 10.5 Å². The van der Waals surface area contributed by atoms with Crippen LogP contribution in [0.2, 0.25) is 0 Å². The third kappa shape index (κ3) is 4.19. The van der Waals surface area contributed by atoms with Gasteiger partial charge in [-0.05, 0) is 42.8 Å². The molecule has 0 aliphatic carbocycles. The van der Waals surface area contributed by atoms with Crippen molar-refractivity contribution in [1.29, 1.82) is 0 Å². The van der Waals surface area contributed by atoms with Crippen LogP contribution in [0.5, 0.6) is 11.5 Å². The topological polar surface area (TPSA) is 78.4 Å². The summed E-state index contributed by atoms with van der Waals surface area (Å²) in [6.45, 7) is 0.324. The lowest BCUT2D eigenvalue weighted by Gasteiger charge is -2.10. The minimum absolute atomic E-state index is 0.130. The molecular formula is C15H13F3N2O3. The summed E-state index contributed by atoms with van der Waals surface area (Å²) < 4.78 is 43.3. The molecule has 0 aliphatic heterocycles. The van der Waals surface area contributed by atoms with Gasteiger partial charge in [0.1, 0.15) is 5.75 Å². The Kier molecular flexibility index (Phi) is 4.85. The molecule has 5 nitrogen and oxygen atoms in total. The average molecular weight is 326 g/mol. The Balaban J connectivity index is 2.34. The molecule has 0 unspecified atom stereocenters. The number of nitro groups is 1. The predicted octanol–water partition coefficient (Wildman–Crippen LogP) is 3.91. The van der Waals surface area contributed by atoms with Gasteiger partial charge in [0.05, 0.1) is 10.5 Å². The zero-order valence-electron chi connectivity index (χ0n) is 11.8. The van der Waals surface area contributed by atoms with Crippen LogP contribution in [0.25, 0.3) is 0 Å². The molecule has 0 bridgehead atoms. The summed E-state index contributed by atoms with van der Waals surface area (Å²) >= 11 is 0. The Morgan fingerprint density at radius 3 is 2.52 bits per heavy atom. The van der Waals surface area contributed by atoms with Gasteiger partial charge in [0.25, 0.3) is 0 Å². The van der Waals surface area contributed by atoms with Gasteiger partial charge >= 0.3 is 11.9 Å². The van der Waals surface area contributed by atoms with E-state index in [1.807, 2.05) is 0 Å². The highest BCUT2D eigenvalue weighted by Gasteiger charge is 2.30. The summed E-state index contributed by atoms with van der Waals surface area (Å²) in [5.41, 5.74) is 4.83. The largest absolute Gasteiger partial charge is 0.450 e. The predicted molar refractivity (Wildman–Crippen MR) is 77.4 cm³/mol. The van der Waals surface area contributed by atoms with Crippen molar-refractivity contribution >= 4 is 5.69 Å². The summed E-state index contributed by atoms with van der Waals surface area (Å²) in [7, 11) is 0. The monoisotopic (exact) mass is 326 g/mol. The van der Waals surface area contributed by atoms with E-state index in [0.717, 1.165) is 12.1 Å². The number of halogens is 3. The SMILES string of the molecule is NCCc1ccc(Oc2cccc(C(F)(F)F)c2)c([N+](=O)[O-])c1. The number of nitro benzene ring substituents is 1. The molecule has 0 aliphatic rings. The molecule has 2 aromatic carbocycles. The summed E-state index contributed by atoms with van der Waals surface area (Å²) in [6.07, 6.45) is -4.07. The normalized spacial score (nSPS) is 11.3. The fraction of sp³-hybridized carbons (Fsp3) is 0.200. The van der Waals surface area contributed by atoms with Crippen LogP contribution in [0, 0.1) is 10.1 Å². The van der Waals surface area contributed by atoms with E-state index in [4.69, 9.17) is 10.5 Å². The fourth-order valence-electron chi connectivity index (χ4n) is 1.98. The van der Waals surface area contributed by atoms with Gasteiger partial charge in [-0.2, -0.15) is 13.2 Å². The van der Waals surface area contributed by atoms with Crippen LogP contribution in [0.3, 0.4) is 0 Å². The number of rotatable bonds is 5. The van der Waals surface area contributed by atoms with Crippen molar-refractivity contribution in [3.8, 4) is 11.5 Å². The number of hydrogen-bond acceptors (Lipinski definition) is 4. The molecular weight excluding hydrogens is 313 g/mol. The highest BCUT2D eigenvalue weighted by Crippen LogP contribution is 2.35. The molecule has 0 amide bonds. The second-order valence-corrected chi connectivity index (χ2v) is 4.73. The maximum absolute atomic E-state index is 12.7. The van der Waals surface area contributed by atoms with Crippen LogP contribution in [0.15, 0.2) is 42.5 Å². The van der Waals surface area contributed by atoms with Crippen molar-refractivity contribution < 1.29 is 22.8 Å². The highest BCUT2D eigenvalue weighted by atomic mass is 19.4. The van der Waals surface area contributed by atoms with Gasteiger partial charge in [0, 0.05) is 6.07 Å². The molecule has 0 aromatic heterocycles. The van der Waals surface area contributed by atoms with Gasteiger partial charge in [-0.25, -0.2) is 0 Å². The molecule has 0 heterocycles. The van der Waals surface area contributed by atoms with E-state index in [1.54, 1.807) is 6.07 Å². The lowest BCUT2D eigenvalue weighted by molar-refractivity contribution is -0.385. The molecule has 0 fully saturated rings. The van der Waals surface area contributed by atoms with E-state index < -0.39 is 16.7 Å². The van der Waals surface area contributed by atoms with Crippen molar-refractivity contribution in [3.05, 3.63) is 63.7 Å². The van der Waals surface area contributed by atoms with Crippen LogP contribution in [-0.4, -0.2) is 11.5 Å². The fourth-order valence-corrected chi connectivity index (χ4v) is 1.98. The Bertz CT molecular complexity index is 717. The number of benzene rings is 2. The van der Waals surface area contributed by atoms with Crippen LogP contribution in [0.1, 0.15) is 11.1 Å². The molecule has 122 valence electrons. The second-order valence-electron chi connectivity index (χ2n) is 4.73. The molecule has 2 aromatic rings. The Hall–Kier alpha value is -2.61. The molecule has 2 N–H and O–H groups in total. The van der Waals surface area contributed by atoms with E-state index in [-0.39, 0.29) is 17.2 Å². The highest BCUT2D eigenvalue weighted by molar-refractivity contribution is 5.51. The number of ether oxygens (including phenoxy) is 1. The number of alkyl halides is 3. The minimum atomic E-state index is -4.52. The van der Waals surface area contributed by atoms with Crippen LogP contribution in [0.4, 0.5) is 18.9 Å². The molecule has 0 spiro atoms. The molecule has 2 rings (SSSR count). The Morgan fingerprint density at radius 2 is 1.91 bits per heavy atom. The second kappa shape index (κ2) is 6.66. The van der Waals surface area contributed by atoms with E-state index in [9.17, 15) is 23.3 Å². The number of hydrogen-bond donors (Lipinski definition) is 1. The third-order valence-electron chi connectivity index (χ3n) is 3.04. The number of nitrogens with two attached hydrogens (primary N) is 1. The molecule has 0 atom stereocenters. The maximum atomic E-state index is 12.7. The average Bonchev–Trinajstić information content (AvgIpc) is 2.48. The third-order valence-corrected chi connectivity index (χ3v) is 3.04. The van der Waals surface area contributed by atoms with Crippen molar-refractivity contribution in [3.63, 3.8) is 0 Å². The smallest absolute Gasteiger partial charge is 0.416 e. The van der Waals surface area contributed by atoms with Gasteiger partial charge in [-0.1, -0.05) is 12.1 Å².